The number of amides is 1. The first kappa shape index (κ1) is 16.2. The van der Waals surface area contributed by atoms with Gasteiger partial charge in [-0.1, -0.05) is 6.07 Å². The lowest BCUT2D eigenvalue weighted by atomic mass is 10.0. The van der Waals surface area contributed by atoms with E-state index >= 15 is 0 Å². The summed E-state index contributed by atoms with van der Waals surface area (Å²) in [5.74, 6) is 0.0978. The Morgan fingerprint density at radius 2 is 2.39 bits per heavy atom. The fourth-order valence-electron chi connectivity index (χ4n) is 3.21. The second-order valence-corrected chi connectivity index (χ2v) is 7.34. The Bertz CT molecular complexity index is 630. The molecule has 23 heavy (non-hydrogen) atoms. The number of nitrogens with one attached hydrogen (secondary N) is 2. The molecule has 1 saturated heterocycles. The number of aryl methyl sites for hydroxylation is 2. The van der Waals surface area contributed by atoms with Crippen molar-refractivity contribution in [2.45, 2.75) is 45.7 Å². The molecular formula is C17H24N4OS. The summed E-state index contributed by atoms with van der Waals surface area (Å²) in [6.45, 7) is 6.95. The van der Waals surface area contributed by atoms with Crippen molar-refractivity contribution < 1.29 is 4.79 Å². The number of carbonyl (C=O) groups is 1. The molecule has 1 atom stereocenters. The molecule has 5 nitrogen and oxygen atoms in total. The average molecular weight is 332 g/mol. The maximum atomic E-state index is 12.3. The SMILES string of the molecule is Cc1n[nH]c(C)c1CC(=O)N[C@@H]1CCCN(Cc2cccs2)C1. The van der Waals surface area contributed by atoms with Crippen molar-refractivity contribution in [2.75, 3.05) is 13.1 Å². The number of rotatable bonds is 5. The fourth-order valence-corrected chi connectivity index (χ4v) is 3.96. The predicted molar refractivity (Wildman–Crippen MR) is 92.5 cm³/mol. The van der Waals surface area contributed by atoms with Crippen molar-refractivity contribution in [1.29, 1.82) is 0 Å². The minimum atomic E-state index is 0.0978. The highest BCUT2D eigenvalue weighted by Crippen LogP contribution is 2.17. The Hall–Kier alpha value is -1.66. The van der Waals surface area contributed by atoms with Gasteiger partial charge in [-0.3, -0.25) is 14.8 Å². The summed E-state index contributed by atoms with van der Waals surface area (Å²) in [5.41, 5.74) is 2.93. The fraction of sp³-hybridized carbons (Fsp3) is 0.529. The summed E-state index contributed by atoms with van der Waals surface area (Å²) in [7, 11) is 0. The number of carbonyl (C=O) groups excluding carboxylic acids is 1. The Kier molecular flexibility index (Phi) is 5.13. The third kappa shape index (κ3) is 4.20. The second-order valence-electron chi connectivity index (χ2n) is 6.31. The monoisotopic (exact) mass is 332 g/mol. The minimum absolute atomic E-state index is 0.0978. The van der Waals surface area contributed by atoms with Crippen LogP contribution in [-0.2, 0) is 17.8 Å². The van der Waals surface area contributed by atoms with Gasteiger partial charge in [0, 0.05) is 35.3 Å². The second kappa shape index (κ2) is 7.27. The molecular weight excluding hydrogens is 308 g/mol. The van der Waals surface area contributed by atoms with E-state index in [1.165, 1.54) is 4.88 Å². The first-order chi connectivity index (χ1) is 11.1. The molecule has 2 aromatic heterocycles. The number of nitrogens with zero attached hydrogens (tertiary/aromatic N) is 2. The van der Waals surface area contributed by atoms with Crippen molar-refractivity contribution in [3.8, 4) is 0 Å². The minimum Gasteiger partial charge on any atom is -0.352 e. The molecule has 1 aliphatic rings. The summed E-state index contributed by atoms with van der Waals surface area (Å²) in [5, 5.41) is 12.4. The molecule has 1 aliphatic heterocycles. The van der Waals surface area contributed by atoms with Gasteiger partial charge in [0.25, 0.3) is 0 Å². The Balaban J connectivity index is 1.52. The largest absolute Gasteiger partial charge is 0.352 e. The highest BCUT2D eigenvalue weighted by molar-refractivity contribution is 7.09. The van der Waals surface area contributed by atoms with Crippen molar-refractivity contribution >= 4 is 17.2 Å². The number of aromatic nitrogens is 2. The number of aromatic amines is 1. The molecule has 124 valence electrons. The summed E-state index contributed by atoms with van der Waals surface area (Å²) < 4.78 is 0. The van der Waals surface area contributed by atoms with Crippen molar-refractivity contribution in [3.63, 3.8) is 0 Å². The van der Waals surface area contributed by atoms with Gasteiger partial charge in [-0.15, -0.1) is 11.3 Å². The number of likely N-dealkylation sites (tertiary alicyclic amines) is 1. The molecule has 0 bridgehead atoms. The van der Waals surface area contributed by atoms with E-state index in [0.717, 1.165) is 49.4 Å². The Labute approximate surface area is 141 Å². The molecule has 2 N–H and O–H groups in total. The van der Waals surface area contributed by atoms with Gasteiger partial charge in [0.2, 0.25) is 5.91 Å². The molecule has 0 spiro atoms. The van der Waals surface area contributed by atoms with Crippen LogP contribution >= 0.6 is 11.3 Å². The normalized spacial score (nSPS) is 19.0. The Morgan fingerprint density at radius 1 is 1.52 bits per heavy atom. The molecule has 0 saturated carbocycles. The lowest BCUT2D eigenvalue weighted by Gasteiger charge is -2.32. The van der Waals surface area contributed by atoms with Crippen LogP contribution < -0.4 is 5.32 Å². The van der Waals surface area contributed by atoms with E-state index in [1.54, 1.807) is 11.3 Å². The molecule has 0 aliphatic carbocycles. The van der Waals surface area contributed by atoms with E-state index in [2.05, 4.69) is 37.9 Å². The molecule has 0 aromatic carbocycles. The van der Waals surface area contributed by atoms with Crippen LogP contribution in [0.25, 0.3) is 0 Å². The number of hydrogen-bond donors (Lipinski definition) is 2. The van der Waals surface area contributed by atoms with E-state index in [4.69, 9.17) is 0 Å². The number of H-pyrrole nitrogens is 1. The van der Waals surface area contributed by atoms with E-state index in [1.807, 2.05) is 13.8 Å². The number of thiophene rings is 1. The highest BCUT2D eigenvalue weighted by Gasteiger charge is 2.22. The number of piperidine rings is 1. The zero-order chi connectivity index (χ0) is 16.2. The van der Waals surface area contributed by atoms with E-state index in [-0.39, 0.29) is 11.9 Å². The third-order valence-electron chi connectivity index (χ3n) is 4.45. The van der Waals surface area contributed by atoms with Gasteiger partial charge in [-0.05, 0) is 44.7 Å². The van der Waals surface area contributed by atoms with Crippen LogP contribution in [0.1, 0.15) is 34.7 Å². The van der Waals surface area contributed by atoms with Gasteiger partial charge in [-0.25, -0.2) is 0 Å². The van der Waals surface area contributed by atoms with Crippen molar-refractivity contribution in [1.82, 2.24) is 20.4 Å². The maximum Gasteiger partial charge on any atom is 0.224 e. The van der Waals surface area contributed by atoms with Gasteiger partial charge in [-0.2, -0.15) is 5.10 Å². The summed E-state index contributed by atoms with van der Waals surface area (Å²) in [6.07, 6.45) is 2.62. The van der Waals surface area contributed by atoms with Crippen LogP contribution in [0.5, 0.6) is 0 Å². The van der Waals surface area contributed by atoms with Gasteiger partial charge < -0.3 is 5.32 Å². The van der Waals surface area contributed by atoms with E-state index in [9.17, 15) is 4.79 Å². The molecule has 1 amide bonds. The predicted octanol–water partition coefficient (Wildman–Crippen LogP) is 2.41. The van der Waals surface area contributed by atoms with Crippen molar-refractivity contribution in [3.05, 3.63) is 39.3 Å². The van der Waals surface area contributed by atoms with Crippen LogP contribution in [0, 0.1) is 13.8 Å². The van der Waals surface area contributed by atoms with Crippen LogP contribution in [0.2, 0.25) is 0 Å². The van der Waals surface area contributed by atoms with Gasteiger partial charge in [0.15, 0.2) is 0 Å². The summed E-state index contributed by atoms with van der Waals surface area (Å²) >= 11 is 1.80. The van der Waals surface area contributed by atoms with E-state index < -0.39 is 0 Å². The van der Waals surface area contributed by atoms with Gasteiger partial charge >= 0.3 is 0 Å². The average Bonchev–Trinajstić information content (AvgIpc) is 3.13. The standard InChI is InChI=1S/C17H24N4OS/c1-12-16(13(2)20-19-12)9-17(22)18-14-5-3-7-21(10-14)11-15-6-4-8-23-15/h4,6,8,14H,3,5,7,9-11H2,1-2H3,(H,18,22)(H,19,20)/t14-/m1/s1. The zero-order valence-corrected chi connectivity index (χ0v) is 14.6. The van der Waals surface area contributed by atoms with Crippen LogP contribution in [-0.4, -0.2) is 40.1 Å². The molecule has 3 rings (SSSR count). The Morgan fingerprint density at radius 3 is 3.09 bits per heavy atom. The molecule has 2 aromatic rings. The van der Waals surface area contributed by atoms with Crippen molar-refractivity contribution in [2.24, 2.45) is 0 Å². The maximum absolute atomic E-state index is 12.3. The first-order valence-electron chi connectivity index (χ1n) is 8.16. The van der Waals surface area contributed by atoms with Crippen LogP contribution in [0.15, 0.2) is 17.5 Å². The summed E-state index contributed by atoms with van der Waals surface area (Å²) in [6, 6.07) is 4.53. The summed E-state index contributed by atoms with van der Waals surface area (Å²) in [4.78, 5) is 16.2. The zero-order valence-electron chi connectivity index (χ0n) is 13.8. The quantitative estimate of drug-likeness (QED) is 0.884. The molecule has 6 heteroatoms. The topological polar surface area (TPSA) is 61.0 Å². The molecule has 0 radical (unpaired) electrons. The lowest BCUT2D eigenvalue weighted by Crippen LogP contribution is -2.47. The highest BCUT2D eigenvalue weighted by atomic mass is 32.1. The van der Waals surface area contributed by atoms with E-state index in [0.29, 0.717) is 6.42 Å². The van der Waals surface area contributed by atoms with Crippen LogP contribution in [0.4, 0.5) is 0 Å². The molecule has 0 unspecified atom stereocenters. The van der Waals surface area contributed by atoms with Gasteiger partial charge in [0.1, 0.15) is 0 Å². The lowest BCUT2D eigenvalue weighted by molar-refractivity contribution is -0.121. The first-order valence-corrected chi connectivity index (χ1v) is 9.04. The van der Waals surface area contributed by atoms with Gasteiger partial charge in [0.05, 0.1) is 12.1 Å². The molecule has 3 heterocycles. The third-order valence-corrected chi connectivity index (χ3v) is 5.31. The smallest absolute Gasteiger partial charge is 0.224 e. The number of hydrogen-bond acceptors (Lipinski definition) is 4. The molecule has 1 fully saturated rings. The van der Waals surface area contributed by atoms with Crippen LogP contribution in [0.3, 0.4) is 0 Å².